The summed E-state index contributed by atoms with van der Waals surface area (Å²) in [6.45, 7) is 2.97. The van der Waals surface area contributed by atoms with E-state index in [4.69, 9.17) is 14.6 Å². The molecular formula is C12H22O4. The third-order valence-electron chi connectivity index (χ3n) is 3.02. The molecule has 0 unspecified atom stereocenters. The average molecular weight is 230 g/mol. The molecule has 0 aromatic rings. The number of aliphatic hydroxyl groups is 1. The van der Waals surface area contributed by atoms with Crippen LogP contribution in [0.25, 0.3) is 0 Å². The minimum Gasteiger partial charge on any atom is -0.466 e. The molecule has 0 aromatic carbocycles. The first-order chi connectivity index (χ1) is 7.76. The van der Waals surface area contributed by atoms with E-state index in [1.165, 1.54) is 0 Å². The largest absolute Gasteiger partial charge is 0.466 e. The van der Waals surface area contributed by atoms with Gasteiger partial charge in [-0.05, 0) is 38.5 Å². The fourth-order valence-electron chi connectivity index (χ4n) is 2.02. The van der Waals surface area contributed by atoms with Crippen LogP contribution in [0.2, 0.25) is 0 Å². The van der Waals surface area contributed by atoms with Gasteiger partial charge in [0, 0.05) is 6.61 Å². The molecule has 0 bridgehead atoms. The number of hydrogen-bond donors (Lipinski definition) is 1. The van der Waals surface area contributed by atoms with Gasteiger partial charge in [-0.3, -0.25) is 4.79 Å². The van der Waals surface area contributed by atoms with Gasteiger partial charge in [0.15, 0.2) is 0 Å². The minimum absolute atomic E-state index is 0.188. The highest BCUT2D eigenvalue weighted by Crippen LogP contribution is 2.25. The van der Waals surface area contributed by atoms with Crippen molar-refractivity contribution >= 4 is 5.97 Å². The van der Waals surface area contributed by atoms with E-state index in [-0.39, 0.29) is 18.7 Å². The first-order valence-electron chi connectivity index (χ1n) is 6.14. The van der Waals surface area contributed by atoms with Crippen molar-refractivity contribution in [3.05, 3.63) is 0 Å². The number of rotatable bonds is 6. The van der Waals surface area contributed by atoms with Crippen LogP contribution in [0.4, 0.5) is 0 Å². The van der Waals surface area contributed by atoms with Crippen molar-refractivity contribution in [1.29, 1.82) is 0 Å². The summed E-state index contributed by atoms with van der Waals surface area (Å²) in [7, 11) is 0. The Labute approximate surface area is 96.9 Å². The second-order valence-corrected chi connectivity index (χ2v) is 4.25. The third kappa shape index (κ3) is 4.94. The van der Waals surface area contributed by atoms with Crippen molar-refractivity contribution in [3.8, 4) is 0 Å². The Morgan fingerprint density at radius 1 is 1.31 bits per heavy atom. The van der Waals surface area contributed by atoms with Crippen molar-refractivity contribution < 1.29 is 19.4 Å². The summed E-state index contributed by atoms with van der Waals surface area (Å²) < 4.78 is 10.4. The van der Waals surface area contributed by atoms with Gasteiger partial charge in [0.1, 0.15) is 0 Å². The average Bonchev–Trinajstić information content (AvgIpc) is 2.30. The number of esters is 1. The van der Waals surface area contributed by atoms with Crippen LogP contribution >= 0.6 is 0 Å². The number of carbonyl (C=O) groups excluding carboxylic acids is 1. The molecule has 1 aliphatic carbocycles. The summed E-state index contributed by atoms with van der Waals surface area (Å²) in [4.78, 5) is 11.0. The molecule has 16 heavy (non-hydrogen) atoms. The molecule has 1 aliphatic rings. The first-order valence-corrected chi connectivity index (χ1v) is 6.14. The van der Waals surface area contributed by atoms with Gasteiger partial charge < -0.3 is 14.6 Å². The van der Waals surface area contributed by atoms with E-state index in [0.29, 0.717) is 25.6 Å². The van der Waals surface area contributed by atoms with Crippen LogP contribution in [0.3, 0.4) is 0 Å². The molecule has 0 atom stereocenters. The summed E-state index contributed by atoms with van der Waals surface area (Å²) >= 11 is 0. The summed E-state index contributed by atoms with van der Waals surface area (Å²) in [6.07, 6.45) is 4.65. The van der Waals surface area contributed by atoms with Crippen molar-refractivity contribution in [1.82, 2.24) is 0 Å². The van der Waals surface area contributed by atoms with Gasteiger partial charge in [-0.15, -0.1) is 0 Å². The second kappa shape index (κ2) is 7.63. The van der Waals surface area contributed by atoms with Crippen molar-refractivity contribution in [2.45, 2.75) is 45.1 Å². The highest BCUT2D eigenvalue weighted by Gasteiger charge is 2.20. The van der Waals surface area contributed by atoms with Gasteiger partial charge in [-0.1, -0.05) is 0 Å². The monoisotopic (exact) mass is 230 g/mol. The molecule has 0 amide bonds. The van der Waals surface area contributed by atoms with E-state index in [1.807, 2.05) is 0 Å². The molecule has 1 N–H and O–H groups in total. The highest BCUT2D eigenvalue weighted by molar-refractivity contribution is 5.69. The normalized spacial score (nSPS) is 25.4. The molecule has 0 heterocycles. The van der Waals surface area contributed by atoms with Gasteiger partial charge in [-0.25, -0.2) is 0 Å². The summed E-state index contributed by atoms with van der Waals surface area (Å²) in [5.74, 6) is 0.261. The quantitative estimate of drug-likeness (QED) is 0.703. The molecule has 0 radical (unpaired) electrons. The van der Waals surface area contributed by atoms with Crippen molar-refractivity contribution in [2.24, 2.45) is 5.92 Å². The maximum atomic E-state index is 11.0. The lowest BCUT2D eigenvalue weighted by Gasteiger charge is -2.27. The predicted molar refractivity (Wildman–Crippen MR) is 60.0 cm³/mol. The highest BCUT2D eigenvalue weighted by atomic mass is 16.5. The van der Waals surface area contributed by atoms with Crippen LogP contribution in [0, 0.1) is 5.92 Å². The van der Waals surface area contributed by atoms with E-state index in [1.54, 1.807) is 6.92 Å². The lowest BCUT2D eigenvalue weighted by Crippen LogP contribution is -2.24. The van der Waals surface area contributed by atoms with Crippen LogP contribution in [-0.2, 0) is 14.3 Å². The molecule has 1 rings (SSSR count). The Morgan fingerprint density at radius 2 is 2.00 bits per heavy atom. The van der Waals surface area contributed by atoms with Gasteiger partial charge in [0.2, 0.25) is 0 Å². The lowest BCUT2D eigenvalue weighted by molar-refractivity contribution is -0.145. The molecule has 0 aliphatic heterocycles. The summed E-state index contributed by atoms with van der Waals surface area (Å²) in [5.41, 5.74) is 0. The van der Waals surface area contributed by atoms with Crippen molar-refractivity contribution in [2.75, 3.05) is 19.8 Å². The van der Waals surface area contributed by atoms with E-state index in [0.717, 1.165) is 25.7 Å². The molecule has 4 nitrogen and oxygen atoms in total. The number of aliphatic hydroxyl groups excluding tert-OH is 1. The Balaban J connectivity index is 2.04. The van der Waals surface area contributed by atoms with Crippen LogP contribution in [0.15, 0.2) is 0 Å². The topological polar surface area (TPSA) is 55.8 Å². The van der Waals surface area contributed by atoms with E-state index in [2.05, 4.69) is 0 Å². The fourth-order valence-corrected chi connectivity index (χ4v) is 2.02. The molecule has 0 saturated heterocycles. The third-order valence-corrected chi connectivity index (χ3v) is 3.02. The zero-order chi connectivity index (χ0) is 11.8. The van der Waals surface area contributed by atoms with Gasteiger partial charge >= 0.3 is 5.97 Å². The SMILES string of the molecule is CCOC(=O)CCOC1CCC(CO)CC1. The fraction of sp³-hybridized carbons (Fsp3) is 0.917. The molecule has 1 fully saturated rings. The second-order valence-electron chi connectivity index (χ2n) is 4.25. The predicted octanol–water partition coefficient (Wildman–Crippen LogP) is 1.51. The maximum Gasteiger partial charge on any atom is 0.308 e. The number of carbonyl (C=O) groups is 1. The number of hydrogen-bond acceptors (Lipinski definition) is 4. The lowest BCUT2D eigenvalue weighted by atomic mass is 9.88. The number of ether oxygens (including phenoxy) is 2. The van der Waals surface area contributed by atoms with Gasteiger partial charge in [0.05, 0.1) is 25.7 Å². The molecule has 0 spiro atoms. The summed E-state index contributed by atoms with van der Waals surface area (Å²) in [6, 6.07) is 0. The standard InChI is InChI=1S/C12H22O4/c1-2-15-12(14)7-8-16-11-5-3-10(9-13)4-6-11/h10-11,13H,2-9H2,1H3. The molecule has 1 saturated carbocycles. The van der Waals surface area contributed by atoms with E-state index < -0.39 is 0 Å². The van der Waals surface area contributed by atoms with Crippen LogP contribution in [-0.4, -0.2) is 37.0 Å². The van der Waals surface area contributed by atoms with E-state index in [9.17, 15) is 4.79 Å². The van der Waals surface area contributed by atoms with Crippen LogP contribution < -0.4 is 0 Å². The zero-order valence-electron chi connectivity index (χ0n) is 9.98. The summed E-state index contributed by atoms with van der Waals surface area (Å²) in [5, 5.41) is 8.98. The Morgan fingerprint density at radius 3 is 2.56 bits per heavy atom. The smallest absolute Gasteiger partial charge is 0.308 e. The van der Waals surface area contributed by atoms with Gasteiger partial charge in [0.25, 0.3) is 0 Å². The zero-order valence-corrected chi connectivity index (χ0v) is 9.98. The Hall–Kier alpha value is -0.610. The van der Waals surface area contributed by atoms with Gasteiger partial charge in [-0.2, -0.15) is 0 Å². The van der Waals surface area contributed by atoms with Crippen LogP contribution in [0.1, 0.15) is 39.0 Å². The first kappa shape index (κ1) is 13.5. The Bertz CT molecular complexity index is 197. The molecule has 94 valence electrons. The molecular weight excluding hydrogens is 208 g/mol. The maximum absolute atomic E-state index is 11.0. The molecule has 0 aromatic heterocycles. The molecule has 4 heteroatoms. The van der Waals surface area contributed by atoms with Crippen molar-refractivity contribution in [3.63, 3.8) is 0 Å². The minimum atomic E-state index is -0.188. The van der Waals surface area contributed by atoms with E-state index >= 15 is 0 Å². The van der Waals surface area contributed by atoms with Crippen LogP contribution in [0.5, 0.6) is 0 Å². The Kier molecular flexibility index (Phi) is 6.42.